The second-order valence-corrected chi connectivity index (χ2v) is 4.40. The van der Waals surface area contributed by atoms with Crippen molar-refractivity contribution in [2.45, 2.75) is 46.1 Å². The minimum absolute atomic E-state index is 0.00893. The Labute approximate surface area is 103 Å². The van der Waals surface area contributed by atoms with E-state index in [9.17, 15) is 4.79 Å². The molecule has 0 saturated heterocycles. The van der Waals surface area contributed by atoms with Gasteiger partial charge in [-0.25, -0.2) is 0 Å². The van der Waals surface area contributed by atoms with Gasteiger partial charge in [0.05, 0.1) is 0 Å². The van der Waals surface area contributed by atoms with E-state index in [1.54, 1.807) is 6.07 Å². The van der Waals surface area contributed by atoms with Gasteiger partial charge in [-0.2, -0.15) is 0 Å². The van der Waals surface area contributed by atoms with E-state index in [1.165, 1.54) is 6.92 Å². The van der Waals surface area contributed by atoms with E-state index >= 15 is 0 Å². The first-order chi connectivity index (χ1) is 8.08. The molecule has 0 aliphatic heterocycles. The van der Waals surface area contributed by atoms with Crippen LogP contribution in [0.4, 0.5) is 11.4 Å². The molecule has 0 radical (unpaired) electrons. The Balaban J connectivity index is 2.79. The largest absolute Gasteiger partial charge is 0.398 e. The molecule has 0 aromatic heterocycles. The Morgan fingerprint density at radius 1 is 1.41 bits per heavy atom. The number of Topliss-reactive ketones (excluding diaryl/α,β-unsaturated/α-hetero) is 1. The number of carbonyl (C=O) groups excluding carboxylic acids is 1. The lowest BCUT2D eigenvalue weighted by Crippen LogP contribution is -2.18. The van der Waals surface area contributed by atoms with Crippen molar-refractivity contribution < 1.29 is 4.79 Å². The van der Waals surface area contributed by atoms with Crippen LogP contribution in [0.25, 0.3) is 0 Å². The fourth-order valence-corrected chi connectivity index (χ4v) is 1.94. The highest BCUT2D eigenvalue weighted by Gasteiger charge is 2.08. The van der Waals surface area contributed by atoms with Crippen LogP contribution in [0.1, 0.15) is 50.4 Å². The fourth-order valence-electron chi connectivity index (χ4n) is 1.94. The number of nitrogen functional groups attached to an aromatic ring is 1. The number of hydrogen-bond donors (Lipinski definition) is 2. The van der Waals surface area contributed by atoms with E-state index in [4.69, 9.17) is 5.73 Å². The van der Waals surface area contributed by atoms with E-state index in [1.807, 2.05) is 12.1 Å². The average Bonchev–Trinajstić information content (AvgIpc) is 2.28. The number of benzene rings is 1. The third-order valence-corrected chi connectivity index (χ3v) is 2.93. The minimum atomic E-state index is 0.00893. The Kier molecular flexibility index (Phi) is 5.01. The molecule has 1 rings (SSSR count). The van der Waals surface area contributed by atoms with Crippen LogP contribution in [-0.4, -0.2) is 11.8 Å². The molecule has 0 bridgehead atoms. The molecular formula is C14H22N2O. The number of rotatable bonds is 6. The summed E-state index contributed by atoms with van der Waals surface area (Å²) in [5, 5.41) is 3.45. The molecular weight excluding hydrogens is 212 g/mol. The zero-order chi connectivity index (χ0) is 12.8. The lowest BCUT2D eigenvalue weighted by atomic mass is 10.1. The maximum atomic E-state index is 11.3. The first-order valence-corrected chi connectivity index (χ1v) is 6.25. The van der Waals surface area contributed by atoms with Crippen molar-refractivity contribution in [2.75, 3.05) is 11.1 Å². The number of anilines is 2. The molecule has 0 aliphatic rings. The first kappa shape index (κ1) is 13.6. The summed E-state index contributed by atoms with van der Waals surface area (Å²) in [7, 11) is 0. The van der Waals surface area contributed by atoms with Gasteiger partial charge in [-0.1, -0.05) is 20.3 Å². The second-order valence-electron chi connectivity index (χ2n) is 4.40. The number of carbonyl (C=O) groups is 1. The number of hydrogen-bond acceptors (Lipinski definition) is 3. The van der Waals surface area contributed by atoms with Crippen molar-refractivity contribution in [1.82, 2.24) is 0 Å². The van der Waals surface area contributed by atoms with Gasteiger partial charge in [0.2, 0.25) is 0 Å². The lowest BCUT2D eigenvalue weighted by Gasteiger charge is -2.18. The fraction of sp³-hybridized carbons (Fsp3) is 0.500. The van der Waals surface area contributed by atoms with Gasteiger partial charge in [-0.15, -0.1) is 0 Å². The smallest absolute Gasteiger partial charge is 0.161 e. The molecule has 3 nitrogen and oxygen atoms in total. The molecule has 0 spiro atoms. The first-order valence-electron chi connectivity index (χ1n) is 6.25. The zero-order valence-corrected chi connectivity index (χ0v) is 10.9. The highest BCUT2D eigenvalue weighted by molar-refractivity contribution is 5.99. The van der Waals surface area contributed by atoms with Gasteiger partial charge < -0.3 is 11.1 Å². The maximum Gasteiger partial charge on any atom is 0.161 e. The van der Waals surface area contributed by atoms with Crippen molar-refractivity contribution in [3.63, 3.8) is 0 Å². The quantitative estimate of drug-likeness (QED) is 0.585. The summed E-state index contributed by atoms with van der Waals surface area (Å²) in [5.74, 6) is 0.00893. The summed E-state index contributed by atoms with van der Waals surface area (Å²) in [6, 6.07) is 6.03. The van der Waals surface area contributed by atoms with Gasteiger partial charge in [-0.3, -0.25) is 4.79 Å². The Bertz CT molecular complexity index is 388. The van der Waals surface area contributed by atoms with Crippen molar-refractivity contribution in [2.24, 2.45) is 0 Å². The Morgan fingerprint density at radius 3 is 2.59 bits per heavy atom. The van der Waals surface area contributed by atoms with Crippen LogP contribution in [0.2, 0.25) is 0 Å². The average molecular weight is 234 g/mol. The molecule has 1 unspecified atom stereocenters. The van der Waals surface area contributed by atoms with Gasteiger partial charge in [0.15, 0.2) is 5.78 Å². The SMILES string of the molecule is CCCC(CC)Nc1ccc(C(C)=O)c(N)c1. The number of ketones is 1. The summed E-state index contributed by atoms with van der Waals surface area (Å²) < 4.78 is 0. The summed E-state index contributed by atoms with van der Waals surface area (Å²) in [5.41, 5.74) is 7.99. The van der Waals surface area contributed by atoms with Gasteiger partial charge >= 0.3 is 0 Å². The van der Waals surface area contributed by atoms with Crippen LogP contribution in [0.3, 0.4) is 0 Å². The molecule has 0 amide bonds. The van der Waals surface area contributed by atoms with Gasteiger partial charge in [-0.05, 0) is 38.0 Å². The minimum Gasteiger partial charge on any atom is -0.398 e. The monoisotopic (exact) mass is 234 g/mol. The van der Waals surface area contributed by atoms with Crippen molar-refractivity contribution >= 4 is 17.2 Å². The van der Waals surface area contributed by atoms with Crippen molar-refractivity contribution in [3.8, 4) is 0 Å². The normalized spacial score (nSPS) is 12.2. The van der Waals surface area contributed by atoms with E-state index in [0.717, 1.165) is 24.9 Å². The van der Waals surface area contributed by atoms with Crippen LogP contribution >= 0.6 is 0 Å². The third kappa shape index (κ3) is 3.77. The molecule has 0 fully saturated rings. The molecule has 3 N–H and O–H groups in total. The maximum absolute atomic E-state index is 11.3. The summed E-state index contributed by atoms with van der Waals surface area (Å²) in [6.07, 6.45) is 3.39. The van der Waals surface area contributed by atoms with Crippen LogP contribution in [-0.2, 0) is 0 Å². The molecule has 0 heterocycles. The topological polar surface area (TPSA) is 55.1 Å². The highest BCUT2D eigenvalue weighted by atomic mass is 16.1. The molecule has 0 aliphatic carbocycles. The number of nitrogens with two attached hydrogens (primary N) is 1. The molecule has 1 atom stereocenters. The molecule has 1 aromatic rings. The molecule has 1 aromatic carbocycles. The van der Waals surface area contributed by atoms with E-state index in [2.05, 4.69) is 19.2 Å². The van der Waals surface area contributed by atoms with Crippen LogP contribution in [0.5, 0.6) is 0 Å². The second kappa shape index (κ2) is 6.28. The van der Waals surface area contributed by atoms with Crippen LogP contribution in [0, 0.1) is 0 Å². The predicted molar refractivity (Wildman–Crippen MR) is 73.5 cm³/mol. The van der Waals surface area contributed by atoms with Crippen LogP contribution in [0.15, 0.2) is 18.2 Å². The molecule has 0 saturated carbocycles. The number of nitrogens with one attached hydrogen (secondary N) is 1. The molecule has 17 heavy (non-hydrogen) atoms. The Hall–Kier alpha value is -1.51. The molecule has 3 heteroatoms. The van der Waals surface area contributed by atoms with E-state index < -0.39 is 0 Å². The van der Waals surface area contributed by atoms with Gasteiger partial charge in [0.25, 0.3) is 0 Å². The molecule has 94 valence electrons. The van der Waals surface area contributed by atoms with Crippen molar-refractivity contribution in [1.29, 1.82) is 0 Å². The zero-order valence-electron chi connectivity index (χ0n) is 10.9. The highest BCUT2D eigenvalue weighted by Crippen LogP contribution is 2.20. The summed E-state index contributed by atoms with van der Waals surface area (Å²) >= 11 is 0. The summed E-state index contributed by atoms with van der Waals surface area (Å²) in [4.78, 5) is 11.3. The standard InChI is InChI=1S/C14H22N2O/c1-4-6-11(5-2)16-12-7-8-13(10(3)17)14(15)9-12/h7-9,11,16H,4-6,15H2,1-3H3. The summed E-state index contributed by atoms with van der Waals surface area (Å²) in [6.45, 7) is 5.88. The van der Waals surface area contributed by atoms with Crippen LogP contribution < -0.4 is 11.1 Å². The predicted octanol–water partition coefficient (Wildman–Crippen LogP) is 3.46. The van der Waals surface area contributed by atoms with Gasteiger partial charge in [0.1, 0.15) is 0 Å². The van der Waals surface area contributed by atoms with E-state index in [0.29, 0.717) is 17.3 Å². The lowest BCUT2D eigenvalue weighted by molar-refractivity contribution is 0.101. The van der Waals surface area contributed by atoms with Crippen molar-refractivity contribution in [3.05, 3.63) is 23.8 Å². The third-order valence-electron chi connectivity index (χ3n) is 2.93. The van der Waals surface area contributed by atoms with E-state index in [-0.39, 0.29) is 5.78 Å². The Morgan fingerprint density at radius 2 is 2.12 bits per heavy atom. The van der Waals surface area contributed by atoms with Gasteiger partial charge in [0, 0.05) is 23.0 Å².